The number of nitrogens with zero attached hydrogens (tertiary/aromatic N) is 3. The fraction of sp³-hybridized carbons (Fsp3) is 0.341. The normalized spacial score (nSPS) is 20.4. The summed E-state index contributed by atoms with van der Waals surface area (Å²) in [7, 11) is 1.35. The lowest BCUT2D eigenvalue weighted by Gasteiger charge is -2.50. The van der Waals surface area contributed by atoms with Crippen LogP contribution in [-0.2, 0) is 34.2 Å². The van der Waals surface area contributed by atoms with E-state index in [1.54, 1.807) is 26.2 Å². The molecule has 3 aromatic carbocycles. The number of fused-ring (bicyclic) bond motifs is 1. The van der Waals surface area contributed by atoms with Crippen molar-refractivity contribution < 1.29 is 28.7 Å². The number of rotatable bonds is 11. The summed E-state index contributed by atoms with van der Waals surface area (Å²) in [6, 6.07) is 29.5. The molecule has 0 radical (unpaired) electrons. The molecular weight excluding hydrogens is 723 g/mol. The van der Waals surface area contributed by atoms with Crippen LogP contribution in [0.3, 0.4) is 0 Å². The van der Waals surface area contributed by atoms with Gasteiger partial charge < -0.3 is 24.9 Å². The number of thiazole rings is 1. The Hall–Kier alpha value is -4.98. The second-order valence-corrected chi connectivity index (χ2v) is 16.2. The number of esters is 1. The largest absolute Gasteiger partial charge is 0.455 e. The van der Waals surface area contributed by atoms with Gasteiger partial charge in [0.25, 0.3) is 11.8 Å². The predicted octanol–water partition coefficient (Wildman–Crippen LogP) is 6.46. The van der Waals surface area contributed by atoms with E-state index < -0.39 is 40.3 Å². The Morgan fingerprint density at radius 1 is 0.926 bits per heavy atom. The van der Waals surface area contributed by atoms with Crippen LogP contribution in [0, 0.1) is 0 Å². The van der Waals surface area contributed by atoms with Crippen molar-refractivity contribution in [3.05, 3.63) is 130 Å². The van der Waals surface area contributed by atoms with Crippen LogP contribution in [0.25, 0.3) is 0 Å². The number of β-lactam (4-membered cyclic amide) rings is 1. The van der Waals surface area contributed by atoms with Gasteiger partial charge in [-0.05, 0) is 62.3 Å². The highest BCUT2D eigenvalue weighted by atomic mass is 32.2. The molecule has 0 aliphatic carbocycles. The quantitative estimate of drug-likeness (QED) is 0.0581. The smallest absolute Gasteiger partial charge is 0.355 e. The zero-order chi connectivity index (χ0) is 37.9. The average Bonchev–Trinajstić information content (AvgIpc) is 3.66. The van der Waals surface area contributed by atoms with Crippen LogP contribution in [0.2, 0.25) is 0 Å². The van der Waals surface area contributed by atoms with E-state index in [2.05, 4.69) is 52.2 Å². The lowest BCUT2D eigenvalue weighted by Crippen LogP contribution is -2.71. The number of ether oxygens (including phenoxy) is 2. The number of benzene rings is 3. The van der Waals surface area contributed by atoms with Crippen LogP contribution in [0.4, 0.5) is 5.13 Å². The first kappa shape index (κ1) is 37.3. The van der Waals surface area contributed by atoms with E-state index in [1.165, 1.54) is 35.1 Å². The number of nitrogens with one attached hydrogen (secondary N) is 2. The molecule has 3 aliphatic rings. The van der Waals surface area contributed by atoms with Gasteiger partial charge in [-0.3, -0.25) is 14.5 Å². The fourth-order valence-electron chi connectivity index (χ4n) is 7.11. The van der Waals surface area contributed by atoms with E-state index in [4.69, 9.17) is 19.3 Å². The lowest BCUT2D eigenvalue weighted by molar-refractivity contribution is -0.159. The van der Waals surface area contributed by atoms with Gasteiger partial charge in [-0.15, -0.1) is 23.1 Å². The number of hydrogen-bond acceptors (Lipinski definition) is 11. The standard InChI is InChI=1S/C41H43N5O6S2/c1-40(2,3)52-38(49)34-29(31-22-14-15-23-51-31)24-53-37-33(36(48)46(34)37)43-35(47)32(45-50-4)30-25-54-39(42-30)44-41(26-16-8-5-9-17-26,27-18-10-6-11-19-27)28-20-12-7-13-21-28/h5-13,16-21,25,31,33,37H,14-15,22-24H2,1-4H3,(H,42,44)(H,43,47)/t31?,33-,37-/m1/s1. The minimum absolute atomic E-state index is 0.0854. The Bertz CT molecular complexity index is 1950. The van der Waals surface area contributed by atoms with Gasteiger partial charge in [0.2, 0.25) is 0 Å². The zero-order valence-electron chi connectivity index (χ0n) is 30.6. The van der Waals surface area contributed by atoms with E-state index in [-0.39, 0.29) is 23.2 Å². The molecule has 2 fully saturated rings. The van der Waals surface area contributed by atoms with Crippen LogP contribution in [0.15, 0.2) is 113 Å². The SMILES string of the molecule is CON=C(C(=O)N[C@@H]1C(=O)N2C(C(=O)OC(C)(C)C)=C(C3CCCCO3)CS[C@H]12)c1csc(NC(c2ccccc2)(c2ccccc2)c2ccccc2)n1. The topological polar surface area (TPSA) is 131 Å². The summed E-state index contributed by atoms with van der Waals surface area (Å²) in [5, 5.41) is 12.4. The number of amides is 2. The number of anilines is 1. The van der Waals surface area contributed by atoms with Crippen LogP contribution in [-0.4, -0.2) is 76.0 Å². The molecule has 2 N–H and O–H groups in total. The summed E-state index contributed by atoms with van der Waals surface area (Å²) in [5.41, 5.74) is 2.56. The Labute approximate surface area is 323 Å². The molecule has 2 amide bonds. The number of oxime groups is 1. The van der Waals surface area contributed by atoms with Crippen molar-refractivity contribution in [2.24, 2.45) is 5.16 Å². The Morgan fingerprint density at radius 3 is 2.07 bits per heavy atom. The number of carbonyl (C=O) groups is 3. The van der Waals surface area contributed by atoms with E-state index in [1.807, 2.05) is 54.6 Å². The summed E-state index contributed by atoms with van der Waals surface area (Å²) in [6.45, 7) is 5.97. The molecule has 1 aromatic heterocycles. The van der Waals surface area contributed by atoms with Gasteiger partial charge in [0.15, 0.2) is 10.8 Å². The second kappa shape index (κ2) is 15.8. The maximum absolute atomic E-state index is 13.9. The predicted molar refractivity (Wildman–Crippen MR) is 210 cm³/mol. The Balaban J connectivity index is 1.15. The molecule has 13 heteroatoms. The first-order valence-corrected chi connectivity index (χ1v) is 19.9. The summed E-state index contributed by atoms with van der Waals surface area (Å²) >= 11 is 2.81. The van der Waals surface area contributed by atoms with Crippen LogP contribution in [0.5, 0.6) is 0 Å². The van der Waals surface area contributed by atoms with Crippen molar-refractivity contribution in [3.8, 4) is 0 Å². The van der Waals surface area contributed by atoms with Gasteiger partial charge in [-0.2, -0.15) is 0 Å². The molecule has 0 saturated carbocycles. The molecule has 2 saturated heterocycles. The molecule has 1 unspecified atom stereocenters. The summed E-state index contributed by atoms with van der Waals surface area (Å²) in [5.74, 6) is -1.15. The molecule has 0 bridgehead atoms. The van der Waals surface area contributed by atoms with Crippen LogP contribution >= 0.6 is 23.1 Å². The number of hydrogen-bond donors (Lipinski definition) is 2. The second-order valence-electron chi connectivity index (χ2n) is 14.2. The number of carbonyl (C=O) groups excluding carboxylic acids is 3. The van der Waals surface area contributed by atoms with Crippen molar-refractivity contribution >= 4 is 51.7 Å². The van der Waals surface area contributed by atoms with E-state index in [0.717, 1.165) is 41.5 Å². The molecule has 3 atom stereocenters. The Kier molecular flexibility index (Phi) is 10.9. The minimum atomic E-state index is -0.908. The van der Waals surface area contributed by atoms with Gasteiger partial charge in [0.05, 0.1) is 6.10 Å². The summed E-state index contributed by atoms with van der Waals surface area (Å²) in [4.78, 5) is 52.8. The third-order valence-corrected chi connectivity index (χ3v) is 11.6. The van der Waals surface area contributed by atoms with Crippen molar-refractivity contribution in [1.82, 2.24) is 15.2 Å². The first-order valence-electron chi connectivity index (χ1n) is 18.0. The summed E-state index contributed by atoms with van der Waals surface area (Å²) < 4.78 is 11.8. The van der Waals surface area contributed by atoms with Gasteiger partial charge in [-0.25, -0.2) is 9.78 Å². The molecule has 280 valence electrons. The zero-order valence-corrected chi connectivity index (χ0v) is 32.2. The Morgan fingerprint density at radius 2 is 1.54 bits per heavy atom. The molecule has 11 nitrogen and oxygen atoms in total. The minimum Gasteiger partial charge on any atom is -0.455 e. The van der Waals surface area contributed by atoms with E-state index >= 15 is 0 Å². The van der Waals surface area contributed by atoms with Crippen molar-refractivity contribution in [2.45, 2.75) is 68.7 Å². The summed E-state index contributed by atoms with van der Waals surface area (Å²) in [6.07, 6.45) is 2.42. The lowest BCUT2D eigenvalue weighted by atomic mass is 9.77. The molecule has 3 aliphatic heterocycles. The van der Waals surface area contributed by atoms with Crippen molar-refractivity contribution in [2.75, 3.05) is 24.8 Å². The highest BCUT2D eigenvalue weighted by Crippen LogP contribution is 2.44. The average molecular weight is 766 g/mol. The van der Waals surface area contributed by atoms with Gasteiger partial charge in [-0.1, -0.05) is 96.2 Å². The number of thioether (sulfide) groups is 1. The monoisotopic (exact) mass is 765 g/mol. The highest BCUT2D eigenvalue weighted by molar-refractivity contribution is 8.00. The van der Waals surface area contributed by atoms with Crippen molar-refractivity contribution in [3.63, 3.8) is 0 Å². The maximum atomic E-state index is 13.9. The van der Waals surface area contributed by atoms with Gasteiger partial charge in [0, 0.05) is 17.7 Å². The highest BCUT2D eigenvalue weighted by Gasteiger charge is 2.56. The van der Waals surface area contributed by atoms with E-state index in [0.29, 0.717) is 17.5 Å². The first-order chi connectivity index (χ1) is 26.1. The van der Waals surface area contributed by atoms with E-state index in [9.17, 15) is 14.4 Å². The van der Waals surface area contributed by atoms with Crippen LogP contribution < -0.4 is 10.6 Å². The molecule has 54 heavy (non-hydrogen) atoms. The molecular formula is C41H43N5O6S2. The molecule has 4 heterocycles. The fourth-order valence-corrected chi connectivity index (χ4v) is 9.27. The van der Waals surface area contributed by atoms with Crippen molar-refractivity contribution in [1.29, 1.82) is 0 Å². The number of aromatic nitrogens is 1. The molecule has 0 spiro atoms. The molecule has 4 aromatic rings. The molecule has 7 rings (SSSR count). The van der Waals surface area contributed by atoms with Crippen LogP contribution in [0.1, 0.15) is 62.4 Å². The van der Waals surface area contributed by atoms with Gasteiger partial charge >= 0.3 is 5.97 Å². The maximum Gasteiger partial charge on any atom is 0.355 e. The third kappa shape index (κ3) is 7.40. The van der Waals surface area contributed by atoms with Gasteiger partial charge in [0.1, 0.15) is 41.1 Å². The third-order valence-electron chi connectivity index (χ3n) is 9.50.